The van der Waals surface area contributed by atoms with Crippen LogP contribution in [0.15, 0.2) is 84.9 Å². The first-order valence-electron chi connectivity index (χ1n) is 11.2. The number of piperazine rings is 1. The summed E-state index contributed by atoms with van der Waals surface area (Å²) in [5.41, 5.74) is 2.79. The summed E-state index contributed by atoms with van der Waals surface area (Å²) in [4.78, 5) is 32.3. The first-order valence-corrected chi connectivity index (χ1v) is 11.2. The molecule has 1 aliphatic heterocycles. The number of benzene rings is 3. The Kier molecular flexibility index (Phi) is 7.37. The van der Waals surface area contributed by atoms with Crippen molar-refractivity contribution in [1.29, 1.82) is 0 Å². The van der Waals surface area contributed by atoms with Crippen molar-refractivity contribution < 1.29 is 14.3 Å². The molecule has 0 saturated carbocycles. The molecule has 1 fully saturated rings. The second-order valence-electron chi connectivity index (χ2n) is 8.00. The lowest BCUT2D eigenvalue weighted by Gasteiger charge is -2.37. The van der Waals surface area contributed by atoms with Gasteiger partial charge in [0, 0.05) is 50.5 Å². The highest BCUT2D eigenvalue weighted by Gasteiger charge is 2.25. The average molecular weight is 444 g/mol. The quantitative estimate of drug-likeness (QED) is 0.518. The van der Waals surface area contributed by atoms with E-state index in [1.54, 1.807) is 35.2 Å². The molecular formula is C27H29N3O3. The molecule has 1 aliphatic rings. The fourth-order valence-electron chi connectivity index (χ4n) is 4.17. The van der Waals surface area contributed by atoms with E-state index < -0.39 is 5.97 Å². The molecule has 0 unspecified atom stereocenters. The van der Waals surface area contributed by atoms with E-state index in [1.807, 2.05) is 30.3 Å². The van der Waals surface area contributed by atoms with Gasteiger partial charge in [0.2, 0.25) is 0 Å². The molecule has 3 aromatic carbocycles. The Bertz CT molecular complexity index is 1060. The van der Waals surface area contributed by atoms with Crippen LogP contribution in [0.2, 0.25) is 0 Å². The highest BCUT2D eigenvalue weighted by atomic mass is 16.5. The molecule has 0 N–H and O–H groups in total. The second-order valence-corrected chi connectivity index (χ2v) is 8.00. The highest BCUT2D eigenvalue weighted by molar-refractivity contribution is 6.09. The van der Waals surface area contributed by atoms with Gasteiger partial charge in [-0.25, -0.2) is 4.79 Å². The number of amides is 1. The van der Waals surface area contributed by atoms with Crippen molar-refractivity contribution in [2.24, 2.45) is 0 Å². The zero-order chi connectivity index (χ0) is 23.0. The van der Waals surface area contributed by atoms with E-state index in [1.165, 1.54) is 12.8 Å². The van der Waals surface area contributed by atoms with Crippen molar-refractivity contribution in [2.75, 3.05) is 56.2 Å². The number of ether oxygens (including phenoxy) is 1. The lowest BCUT2D eigenvalue weighted by molar-refractivity contribution is 0.0601. The van der Waals surface area contributed by atoms with Gasteiger partial charge in [-0.15, -0.1) is 0 Å². The van der Waals surface area contributed by atoms with Gasteiger partial charge in [-0.3, -0.25) is 9.69 Å². The average Bonchev–Trinajstić information content (AvgIpc) is 2.90. The second kappa shape index (κ2) is 10.8. The Morgan fingerprint density at radius 1 is 0.818 bits per heavy atom. The summed E-state index contributed by atoms with van der Waals surface area (Å²) in [6, 6.07) is 26.7. The van der Waals surface area contributed by atoms with Gasteiger partial charge in [-0.1, -0.05) is 48.5 Å². The smallest absolute Gasteiger partial charge is 0.339 e. The molecule has 0 spiro atoms. The predicted molar refractivity (Wildman–Crippen MR) is 131 cm³/mol. The zero-order valence-electron chi connectivity index (χ0n) is 18.9. The Hall–Kier alpha value is -3.64. The number of hydrogen-bond acceptors (Lipinski definition) is 5. The maximum atomic E-state index is 13.5. The maximum Gasteiger partial charge on any atom is 0.339 e. The fourth-order valence-corrected chi connectivity index (χ4v) is 4.17. The van der Waals surface area contributed by atoms with E-state index in [4.69, 9.17) is 4.74 Å². The van der Waals surface area contributed by atoms with Crippen LogP contribution in [0.4, 0.5) is 11.4 Å². The lowest BCUT2D eigenvalue weighted by atomic mass is 10.1. The van der Waals surface area contributed by atoms with Crippen LogP contribution in [0.1, 0.15) is 20.7 Å². The largest absolute Gasteiger partial charge is 0.465 e. The molecule has 4 rings (SSSR count). The summed E-state index contributed by atoms with van der Waals surface area (Å²) in [6.45, 7) is 4.91. The number of esters is 1. The number of carbonyl (C=O) groups excluding carboxylic acids is 2. The standard InChI is InChI=1S/C27H29N3O3/c1-33-27(32)24-14-8-9-15-25(24)30(26(31)22-10-4-2-5-11-22)21-18-28-16-19-29(20-17-28)23-12-6-3-7-13-23/h2-15H,16-21H2,1H3. The molecule has 1 amide bonds. The lowest BCUT2D eigenvalue weighted by Crippen LogP contribution is -2.49. The van der Waals surface area contributed by atoms with Crippen LogP contribution in [-0.2, 0) is 4.74 Å². The van der Waals surface area contributed by atoms with Gasteiger partial charge in [-0.2, -0.15) is 0 Å². The third-order valence-electron chi connectivity index (χ3n) is 6.00. The van der Waals surface area contributed by atoms with Crippen LogP contribution < -0.4 is 9.80 Å². The number of anilines is 2. The number of nitrogens with zero attached hydrogens (tertiary/aromatic N) is 3. The van der Waals surface area contributed by atoms with E-state index in [-0.39, 0.29) is 5.91 Å². The summed E-state index contributed by atoms with van der Waals surface area (Å²) >= 11 is 0. The van der Waals surface area contributed by atoms with Crippen molar-refractivity contribution in [3.8, 4) is 0 Å². The number of carbonyl (C=O) groups is 2. The van der Waals surface area contributed by atoms with Crippen LogP contribution in [0.3, 0.4) is 0 Å². The summed E-state index contributed by atoms with van der Waals surface area (Å²) < 4.78 is 4.97. The minimum atomic E-state index is -0.451. The third kappa shape index (κ3) is 5.41. The van der Waals surface area contributed by atoms with Gasteiger partial charge >= 0.3 is 5.97 Å². The third-order valence-corrected chi connectivity index (χ3v) is 6.00. The summed E-state index contributed by atoms with van der Waals surface area (Å²) in [5, 5.41) is 0. The van der Waals surface area contributed by atoms with Crippen molar-refractivity contribution in [1.82, 2.24) is 4.90 Å². The molecule has 1 heterocycles. The monoisotopic (exact) mass is 443 g/mol. The van der Waals surface area contributed by atoms with Gasteiger partial charge in [0.25, 0.3) is 5.91 Å². The van der Waals surface area contributed by atoms with Gasteiger partial charge in [0.1, 0.15) is 0 Å². The highest BCUT2D eigenvalue weighted by Crippen LogP contribution is 2.24. The maximum absolute atomic E-state index is 13.5. The topological polar surface area (TPSA) is 53.1 Å². The molecule has 170 valence electrons. The first kappa shape index (κ1) is 22.6. The van der Waals surface area contributed by atoms with Crippen molar-refractivity contribution >= 4 is 23.3 Å². The van der Waals surface area contributed by atoms with Gasteiger partial charge in [-0.05, 0) is 36.4 Å². The Morgan fingerprint density at radius 3 is 2.09 bits per heavy atom. The van der Waals surface area contributed by atoms with Gasteiger partial charge < -0.3 is 14.5 Å². The molecule has 6 nitrogen and oxygen atoms in total. The molecular weight excluding hydrogens is 414 g/mol. The van der Waals surface area contributed by atoms with E-state index in [2.05, 4.69) is 34.1 Å². The number of para-hydroxylation sites is 2. The number of methoxy groups -OCH3 is 1. The normalized spacial score (nSPS) is 14.0. The summed E-state index contributed by atoms with van der Waals surface area (Å²) in [5.74, 6) is -0.581. The molecule has 33 heavy (non-hydrogen) atoms. The molecule has 1 saturated heterocycles. The molecule has 0 radical (unpaired) electrons. The molecule has 0 bridgehead atoms. The van der Waals surface area contributed by atoms with Crippen molar-refractivity contribution in [3.05, 3.63) is 96.1 Å². The first-order chi connectivity index (χ1) is 16.2. The van der Waals surface area contributed by atoms with E-state index >= 15 is 0 Å². The minimum Gasteiger partial charge on any atom is -0.465 e. The Balaban J connectivity index is 1.50. The SMILES string of the molecule is COC(=O)c1ccccc1N(CCN1CCN(c2ccccc2)CC1)C(=O)c1ccccc1. The number of rotatable bonds is 7. The van der Waals surface area contributed by atoms with E-state index in [9.17, 15) is 9.59 Å². The summed E-state index contributed by atoms with van der Waals surface area (Å²) in [7, 11) is 1.36. The summed E-state index contributed by atoms with van der Waals surface area (Å²) in [6.07, 6.45) is 0. The molecule has 0 aromatic heterocycles. The predicted octanol–water partition coefficient (Wildman–Crippen LogP) is 3.94. The number of hydrogen-bond donors (Lipinski definition) is 0. The van der Waals surface area contributed by atoms with E-state index in [0.29, 0.717) is 23.4 Å². The zero-order valence-corrected chi connectivity index (χ0v) is 18.9. The van der Waals surface area contributed by atoms with Crippen LogP contribution in [0, 0.1) is 0 Å². The van der Waals surface area contributed by atoms with Crippen LogP contribution in [0.25, 0.3) is 0 Å². The molecule has 0 atom stereocenters. The van der Waals surface area contributed by atoms with Crippen LogP contribution in [-0.4, -0.2) is 63.2 Å². The van der Waals surface area contributed by atoms with Crippen molar-refractivity contribution in [3.63, 3.8) is 0 Å². The molecule has 6 heteroatoms. The van der Waals surface area contributed by atoms with Gasteiger partial charge in [0.15, 0.2) is 0 Å². The van der Waals surface area contributed by atoms with Crippen LogP contribution in [0.5, 0.6) is 0 Å². The Morgan fingerprint density at radius 2 is 1.42 bits per heavy atom. The van der Waals surface area contributed by atoms with Gasteiger partial charge in [0.05, 0.1) is 18.4 Å². The minimum absolute atomic E-state index is 0.130. The van der Waals surface area contributed by atoms with Crippen molar-refractivity contribution in [2.45, 2.75) is 0 Å². The fraction of sp³-hybridized carbons (Fsp3) is 0.259. The Labute approximate surface area is 195 Å². The van der Waals surface area contributed by atoms with E-state index in [0.717, 1.165) is 32.7 Å². The van der Waals surface area contributed by atoms with Crippen LogP contribution >= 0.6 is 0 Å². The molecule has 0 aliphatic carbocycles. The molecule has 3 aromatic rings.